The lowest BCUT2D eigenvalue weighted by Gasteiger charge is -2.40. The van der Waals surface area contributed by atoms with Gasteiger partial charge in [-0.05, 0) is 0 Å². The molecule has 156 valence electrons. The number of carbonyl (C=O) groups excluding carboxylic acids is 2. The number of alkyl halides is 13. The third-order valence-electron chi connectivity index (χ3n) is 3.26. The van der Waals surface area contributed by atoms with Gasteiger partial charge in [-0.1, -0.05) is 0 Å². The molecule has 2 amide bonds. The Bertz CT molecular complexity index is 646. The van der Waals surface area contributed by atoms with Gasteiger partial charge in [-0.25, -0.2) is 0 Å². The molecule has 0 saturated carbocycles. The lowest BCUT2D eigenvalue weighted by molar-refractivity contribution is -0.439. The van der Waals surface area contributed by atoms with E-state index in [2.05, 4.69) is 0 Å². The maximum absolute atomic E-state index is 13.4. The summed E-state index contributed by atoms with van der Waals surface area (Å²) >= 11 is 0. The number of rotatable bonds is 6. The van der Waals surface area contributed by atoms with Crippen LogP contribution in [-0.4, -0.2) is 59.0 Å². The lowest BCUT2D eigenvalue weighted by atomic mass is 9.93. The summed E-state index contributed by atoms with van der Waals surface area (Å²) in [5.41, 5.74) is 0. The van der Waals surface area contributed by atoms with Gasteiger partial charge in [0.2, 0.25) is 0 Å². The van der Waals surface area contributed by atoms with E-state index in [0.29, 0.717) is 0 Å². The van der Waals surface area contributed by atoms with E-state index in [0.717, 1.165) is 0 Å². The molecule has 1 aliphatic heterocycles. The van der Waals surface area contributed by atoms with Crippen molar-refractivity contribution < 1.29 is 66.7 Å². The zero-order valence-electron chi connectivity index (χ0n) is 12.0. The Kier molecular flexibility index (Phi) is 5.10. The van der Waals surface area contributed by atoms with Crippen molar-refractivity contribution >= 4 is 11.8 Å². The molecule has 0 aromatic rings. The number of imide groups is 1. The van der Waals surface area contributed by atoms with Crippen molar-refractivity contribution in [1.29, 1.82) is 0 Å². The molecule has 0 aromatic heterocycles. The van der Waals surface area contributed by atoms with Gasteiger partial charge in [-0.15, -0.1) is 0 Å². The van der Waals surface area contributed by atoms with Crippen molar-refractivity contribution in [2.45, 2.75) is 35.8 Å². The predicted octanol–water partition coefficient (Wildman–Crippen LogP) is 3.65. The molecule has 0 bridgehead atoms. The third kappa shape index (κ3) is 3.11. The molecule has 0 N–H and O–H groups in total. The molecule has 0 radical (unpaired) electrons. The largest absolute Gasteiger partial charge is 0.460 e. The van der Waals surface area contributed by atoms with E-state index in [1.807, 2.05) is 0 Å². The Labute approximate surface area is 139 Å². The van der Waals surface area contributed by atoms with E-state index in [1.54, 1.807) is 0 Å². The number of halogens is 13. The first-order chi connectivity index (χ1) is 11.6. The minimum atomic E-state index is -8.03. The van der Waals surface area contributed by atoms with Gasteiger partial charge in [0, 0.05) is 12.2 Å². The van der Waals surface area contributed by atoms with Gasteiger partial charge in [0.05, 0.1) is 6.54 Å². The Morgan fingerprint density at radius 3 is 1.26 bits per heavy atom. The molecule has 16 heteroatoms. The second-order valence-electron chi connectivity index (χ2n) is 5.10. The van der Waals surface area contributed by atoms with Crippen LogP contribution in [0.15, 0.2) is 12.2 Å². The number of hydrogen-bond acceptors (Lipinski definition) is 2. The summed E-state index contributed by atoms with van der Waals surface area (Å²) in [4.78, 5) is 21.1. The zero-order valence-corrected chi connectivity index (χ0v) is 12.0. The summed E-state index contributed by atoms with van der Waals surface area (Å²) in [7, 11) is 0. The van der Waals surface area contributed by atoms with Gasteiger partial charge in [0.25, 0.3) is 11.8 Å². The molecule has 0 fully saturated rings. The average molecular weight is 429 g/mol. The molecule has 0 aromatic carbocycles. The molecule has 1 heterocycles. The predicted molar refractivity (Wildman–Crippen MR) is 56.6 cm³/mol. The highest BCUT2D eigenvalue weighted by atomic mass is 19.4. The lowest BCUT2D eigenvalue weighted by Crippen LogP contribution is -2.71. The number of nitrogens with zero attached hydrogens (tertiary/aromatic N) is 1. The third-order valence-corrected chi connectivity index (χ3v) is 3.26. The van der Waals surface area contributed by atoms with Crippen LogP contribution in [0.3, 0.4) is 0 Å². The molecule has 0 atom stereocenters. The normalized spacial score (nSPS) is 17.9. The van der Waals surface area contributed by atoms with Crippen LogP contribution in [0.1, 0.15) is 0 Å². The van der Waals surface area contributed by atoms with E-state index < -0.39 is 59.0 Å². The van der Waals surface area contributed by atoms with Gasteiger partial charge in [-0.2, -0.15) is 57.1 Å². The smallest absolute Gasteiger partial charge is 0.269 e. The SMILES string of the molecule is O=C1C=CC(=O)N1CC(F)(F)C(F)(F)C(F)(F)C(F)(F)C(F)(F)C(F)(F)F. The minimum absolute atomic E-state index is 0.196. The van der Waals surface area contributed by atoms with E-state index in [1.165, 1.54) is 0 Å². The molecule has 0 saturated heterocycles. The topological polar surface area (TPSA) is 37.4 Å². The van der Waals surface area contributed by atoms with E-state index in [-0.39, 0.29) is 12.2 Å². The minimum Gasteiger partial charge on any atom is -0.269 e. The first-order valence-electron chi connectivity index (χ1n) is 6.14. The fourth-order valence-corrected chi connectivity index (χ4v) is 1.69. The molecule has 0 aliphatic carbocycles. The second-order valence-corrected chi connectivity index (χ2v) is 5.10. The summed E-state index contributed by atoms with van der Waals surface area (Å²) in [6, 6.07) is 0. The first-order valence-corrected chi connectivity index (χ1v) is 6.14. The Hall–Kier alpha value is -2.03. The van der Waals surface area contributed by atoms with Crippen molar-refractivity contribution in [2.24, 2.45) is 0 Å². The number of hydrogen-bond donors (Lipinski definition) is 0. The molecular weight excluding hydrogens is 425 g/mol. The molecule has 1 rings (SSSR count). The van der Waals surface area contributed by atoms with Crippen molar-refractivity contribution in [3.05, 3.63) is 12.2 Å². The highest BCUT2D eigenvalue weighted by molar-refractivity contribution is 6.12. The van der Waals surface area contributed by atoms with Crippen molar-refractivity contribution in [3.8, 4) is 0 Å². The van der Waals surface area contributed by atoms with Crippen LogP contribution >= 0.6 is 0 Å². The van der Waals surface area contributed by atoms with Gasteiger partial charge in [-0.3, -0.25) is 14.5 Å². The fourth-order valence-electron chi connectivity index (χ4n) is 1.69. The first kappa shape index (κ1) is 23.0. The fraction of sp³-hybridized carbons (Fsp3) is 0.636. The maximum Gasteiger partial charge on any atom is 0.460 e. The quantitative estimate of drug-likeness (QED) is 0.478. The van der Waals surface area contributed by atoms with Gasteiger partial charge >= 0.3 is 35.8 Å². The molecule has 3 nitrogen and oxygen atoms in total. The summed E-state index contributed by atoms with van der Waals surface area (Å²) in [6.07, 6.45) is -7.11. The van der Waals surface area contributed by atoms with Gasteiger partial charge in [0.1, 0.15) is 0 Å². The van der Waals surface area contributed by atoms with Crippen LogP contribution in [0.5, 0.6) is 0 Å². The summed E-state index contributed by atoms with van der Waals surface area (Å²) in [6.45, 7) is -2.99. The van der Waals surface area contributed by atoms with E-state index >= 15 is 0 Å². The van der Waals surface area contributed by atoms with Crippen molar-refractivity contribution in [1.82, 2.24) is 4.90 Å². The Balaban J connectivity index is 3.37. The zero-order chi connectivity index (χ0) is 21.9. The summed E-state index contributed by atoms with van der Waals surface area (Å²) in [5.74, 6) is -41.4. The molecular formula is C11H4F13NO2. The molecule has 27 heavy (non-hydrogen) atoms. The van der Waals surface area contributed by atoms with Crippen LogP contribution in [0.4, 0.5) is 57.1 Å². The van der Waals surface area contributed by atoms with Crippen LogP contribution in [0.25, 0.3) is 0 Å². The molecule has 1 aliphatic rings. The highest BCUT2D eigenvalue weighted by Crippen LogP contribution is 2.60. The Morgan fingerprint density at radius 2 is 0.926 bits per heavy atom. The molecule has 0 spiro atoms. The Morgan fingerprint density at radius 1 is 0.593 bits per heavy atom. The number of amides is 2. The summed E-state index contributed by atoms with van der Waals surface area (Å²) in [5, 5.41) is 0. The van der Waals surface area contributed by atoms with Crippen LogP contribution in [0, 0.1) is 0 Å². The maximum atomic E-state index is 13.4. The van der Waals surface area contributed by atoms with Crippen LogP contribution in [-0.2, 0) is 9.59 Å². The standard InChI is InChI=1S/C11H4F13NO2/c12-6(13,3-25-4(26)1-2-5(25)27)7(14,15)8(16,17)9(18,19)10(20,21)11(22,23)24/h1-2H,3H2. The molecule has 0 unspecified atom stereocenters. The van der Waals surface area contributed by atoms with Crippen molar-refractivity contribution in [2.75, 3.05) is 6.54 Å². The monoisotopic (exact) mass is 429 g/mol. The average Bonchev–Trinajstić information content (AvgIpc) is 2.76. The summed E-state index contributed by atoms with van der Waals surface area (Å²) < 4.78 is 167. The highest BCUT2D eigenvalue weighted by Gasteiger charge is 2.90. The van der Waals surface area contributed by atoms with Crippen molar-refractivity contribution in [3.63, 3.8) is 0 Å². The van der Waals surface area contributed by atoms with Gasteiger partial charge in [0.15, 0.2) is 0 Å². The van der Waals surface area contributed by atoms with Crippen LogP contribution in [0.2, 0.25) is 0 Å². The van der Waals surface area contributed by atoms with Gasteiger partial charge < -0.3 is 0 Å². The van der Waals surface area contributed by atoms with E-state index in [4.69, 9.17) is 0 Å². The van der Waals surface area contributed by atoms with E-state index in [9.17, 15) is 66.7 Å². The number of carbonyl (C=O) groups is 2. The second kappa shape index (κ2) is 5.98. The van der Waals surface area contributed by atoms with Crippen LogP contribution < -0.4 is 0 Å².